The third-order valence-corrected chi connectivity index (χ3v) is 5.97. The summed E-state index contributed by atoms with van der Waals surface area (Å²) >= 11 is 3.30. The van der Waals surface area contributed by atoms with E-state index in [1.165, 1.54) is 0 Å². The molecule has 0 saturated carbocycles. The predicted molar refractivity (Wildman–Crippen MR) is 105 cm³/mol. The van der Waals surface area contributed by atoms with Crippen molar-refractivity contribution in [3.05, 3.63) is 35.7 Å². The Balaban J connectivity index is 1.50. The van der Waals surface area contributed by atoms with Crippen molar-refractivity contribution in [1.29, 1.82) is 0 Å². The van der Waals surface area contributed by atoms with Gasteiger partial charge >= 0.3 is 0 Å². The number of nitrogens with two attached hydrogens (primary N) is 1. The molecule has 0 spiro atoms. The molecule has 4 rings (SSSR count). The molecule has 2 N–H and O–H groups in total. The monoisotopic (exact) mass is 372 g/mol. The molecule has 1 aliphatic heterocycles. The normalized spacial score (nSPS) is 15.7. The molecule has 0 aliphatic carbocycles. The first-order valence-electron chi connectivity index (χ1n) is 8.34. The summed E-state index contributed by atoms with van der Waals surface area (Å²) in [6, 6.07) is 10.3. The number of ether oxygens (including phenoxy) is 1. The number of rotatable bonds is 5. The highest BCUT2D eigenvalue weighted by molar-refractivity contribution is 7.99. The van der Waals surface area contributed by atoms with Crippen LogP contribution in [0.1, 0.15) is 0 Å². The Morgan fingerprint density at radius 2 is 1.96 bits per heavy atom. The van der Waals surface area contributed by atoms with Crippen LogP contribution in [0.15, 0.2) is 40.9 Å². The van der Waals surface area contributed by atoms with Crippen molar-refractivity contribution < 1.29 is 4.74 Å². The molecule has 1 aliphatic rings. The van der Waals surface area contributed by atoms with Crippen LogP contribution in [0.4, 0.5) is 5.82 Å². The highest BCUT2D eigenvalue weighted by atomic mass is 32.2. The van der Waals surface area contributed by atoms with Crippen LogP contribution >= 0.6 is 23.1 Å². The van der Waals surface area contributed by atoms with E-state index in [9.17, 15) is 0 Å². The topological polar surface area (TPSA) is 64.3 Å². The molecule has 1 saturated heterocycles. The van der Waals surface area contributed by atoms with Gasteiger partial charge in [-0.2, -0.15) is 0 Å². The number of hydrogen-bond acceptors (Lipinski definition) is 7. The van der Waals surface area contributed by atoms with Gasteiger partial charge in [-0.15, -0.1) is 11.3 Å². The number of anilines is 1. The second kappa shape index (κ2) is 7.70. The van der Waals surface area contributed by atoms with E-state index in [0.717, 1.165) is 65.1 Å². The maximum atomic E-state index is 6.27. The van der Waals surface area contributed by atoms with Crippen LogP contribution in [-0.2, 0) is 4.74 Å². The average Bonchev–Trinajstić information content (AvgIpc) is 3.08. The number of thiophene rings is 1. The van der Waals surface area contributed by atoms with Gasteiger partial charge < -0.3 is 10.5 Å². The van der Waals surface area contributed by atoms with Gasteiger partial charge in [-0.1, -0.05) is 42.1 Å². The highest BCUT2D eigenvalue weighted by Gasteiger charge is 2.14. The minimum absolute atomic E-state index is 0.568. The molecule has 1 fully saturated rings. The number of fused-ring (bicyclic) bond motifs is 1. The molecule has 0 bridgehead atoms. The summed E-state index contributed by atoms with van der Waals surface area (Å²) < 4.78 is 5.38. The van der Waals surface area contributed by atoms with Crippen molar-refractivity contribution in [2.75, 3.05) is 44.3 Å². The lowest BCUT2D eigenvalue weighted by Crippen LogP contribution is -2.37. The largest absolute Gasteiger partial charge is 0.383 e. The fourth-order valence-electron chi connectivity index (χ4n) is 2.93. The van der Waals surface area contributed by atoms with Gasteiger partial charge in [0.25, 0.3) is 0 Å². The van der Waals surface area contributed by atoms with Crippen molar-refractivity contribution in [3.8, 4) is 11.1 Å². The number of benzene rings is 1. The van der Waals surface area contributed by atoms with Gasteiger partial charge in [0.05, 0.1) is 18.6 Å². The second-order valence-electron chi connectivity index (χ2n) is 5.89. The van der Waals surface area contributed by atoms with Crippen LogP contribution in [0, 0.1) is 0 Å². The van der Waals surface area contributed by atoms with E-state index >= 15 is 0 Å². The van der Waals surface area contributed by atoms with E-state index in [4.69, 9.17) is 15.5 Å². The van der Waals surface area contributed by atoms with Crippen molar-refractivity contribution in [3.63, 3.8) is 0 Å². The summed E-state index contributed by atoms with van der Waals surface area (Å²) in [4.78, 5) is 12.6. The lowest BCUT2D eigenvalue weighted by molar-refractivity contribution is 0.0410. The van der Waals surface area contributed by atoms with Gasteiger partial charge in [-0.05, 0) is 5.56 Å². The van der Waals surface area contributed by atoms with Gasteiger partial charge in [0.1, 0.15) is 10.6 Å². The van der Waals surface area contributed by atoms with E-state index < -0.39 is 0 Å². The van der Waals surface area contributed by atoms with Crippen molar-refractivity contribution in [2.24, 2.45) is 0 Å². The fraction of sp³-hybridized carbons (Fsp3) is 0.333. The van der Waals surface area contributed by atoms with Crippen molar-refractivity contribution in [2.45, 2.75) is 5.16 Å². The molecular formula is C18H20N4OS2. The summed E-state index contributed by atoms with van der Waals surface area (Å²) in [6.07, 6.45) is 0. The van der Waals surface area contributed by atoms with Crippen LogP contribution in [-0.4, -0.2) is 53.5 Å². The molecule has 7 heteroatoms. The first-order valence-corrected chi connectivity index (χ1v) is 10.2. The zero-order chi connectivity index (χ0) is 17.1. The lowest BCUT2D eigenvalue weighted by atomic mass is 10.1. The van der Waals surface area contributed by atoms with Crippen molar-refractivity contribution in [1.82, 2.24) is 14.9 Å². The zero-order valence-corrected chi connectivity index (χ0v) is 15.5. The van der Waals surface area contributed by atoms with Crippen LogP contribution in [0.2, 0.25) is 0 Å². The molecule has 2 aromatic heterocycles. The summed E-state index contributed by atoms with van der Waals surface area (Å²) in [5, 5.41) is 3.85. The first-order chi connectivity index (χ1) is 12.3. The Morgan fingerprint density at radius 3 is 2.76 bits per heavy atom. The van der Waals surface area contributed by atoms with Gasteiger partial charge in [0, 0.05) is 36.3 Å². The van der Waals surface area contributed by atoms with Crippen LogP contribution < -0.4 is 5.73 Å². The average molecular weight is 373 g/mol. The smallest absolute Gasteiger partial charge is 0.190 e. The predicted octanol–water partition coefficient (Wildman–Crippen LogP) is 3.36. The summed E-state index contributed by atoms with van der Waals surface area (Å²) in [5.74, 6) is 1.53. The Kier molecular flexibility index (Phi) is 5.17. The number of hydrogen-bond donors (Lipinski definition) is 1. The molecule has 130 valence electrons. The number of morpholine rings is 1. The molecule has 1 aromatic carbocycles. The Hall–Kier alpha value is -1.67. The molecule has 3 heterocycles. The van der Waals surface area contributed by atoms with Crippen LogP contribution in [0.25, 0.3) is 21.3 Å². The standard InChI is InChI=1S/C18H20N4OS2/c19-16-15-14(13-4-2-1-3-5-13)12-25-17(15)21-18(20-16)24-11-8-22-6-9-23-10-7-22/h1-5,12H,6-11H2,(H2,19,20,21). The maximum absolute atomic E-state index is 6.27. The van der Waals surface area contributed by atoms with Gasteiger partial charge in [0.15, 0.2) is 5.16 Å². The number of thioether (sulfide) groups is 1. The quantitative estimate of drug-likeness (QED) is 0.547. The minimum atomic E-state index is 0.568. The Bertz CT molecular complexity index is 847. The molecule has 3 aromatic rings. The number of nitrogens with zero attached hydrogens (tertiary/aromatic N) is 3. The minimum Gasteiger partial charge on any atom is -0.383 e. The molecular weight excluding hydrogens is 352 g/mol. The Labute approximate surface area is 155 Å². The van der Waals surface area contributed by atoms with E-state index in [0.29, 0.717) is 5.82 Å². The highest BCUT2D eigenvalue weighted by Crippen LogP contribution is 2.36. The second-order valence-corrected chi connectivity index (χ2v) is 7.81. The lowest BCUT2D eigenvalue weighted by Gasteiger charge is -2.26. The maximum Gasteiger partial charge on any atom is 0.190 e. The van der Waals surface area contributed by atoms with E-state index in [-0.39, 0.29) is 0 Å². The zero-order valence-electron chi connectivity index (χ0n) is 13.9. The first kappa shape index (κ1) is 16.8. The summed E-state index contributed by atoms with van der Waals surface area (Å²) in [6.45, 7) is 4.70. The van der Waals surface area contributed by atoms with Crippen LogP contribution in [0.3, 0.4) is 0 Å². The molecule has 5 nitrogen and oxygen atoms in total. The number of aromatic nitrogens is 2. The van der Waals surface area contributed by atoms with Crippen molar-refractivity contribution >= 4 is 39.1 Å². The van der Waals surface area contributed by atoms with E-state index in [2.05, 4.69) is 27.4 Å². The molecule has 0 radical (unpaired) electrons. The van der Waals surface area contributed by atoms with E-state index in [1.807, 2.05) is 18.2 Å². The SMILES string of the molecule is Nc1nc(SCCN2CCOCC2)nc2scc(-c3ccccc3)c12. The number of nitrogen functional groups attached to an aromatic ring is 1. The van der Waals surface area contributed by atoms with Gasteiger partial charge in [-0.25, -0.2) is 9.97 Å². The van der Waals surface area contributed by atoms with Crippen LogP contribution in [0.5, 0.6) is 0 Å². The summed E-state index contributed by atoms with van der Waals surface area (Å²) in [5.41, 5.74) is 8.53. The fourth-order valence-corrected chi connectivity index (χ4v) is 4.80. The Morgan fingerprint density at radius 1 is 1.16 bits per heavy atom. The molecule has 0 atom stereocenters. The van der Waals surface area contributed by atoms with E-state index in [1.54, 1.807) is 23.1 Å². The molecule has 0 unspecified atom stereocenters. The third kappa shape index (κ3) is 3.79. The third-order valence-electron chi connectivity index (χ3n) is 4.27. The molecule has 0 amide bonds. The molecule has 25 heavy (non-hydrogen) atoms. The van der Waals surface area contributed by atoms with Gasteiger partial charge in [0.2, 0.25) is 0 Å². The van der Waals surface area contributed by atoms with Gasteiger partial charge in [-0.3, -0.25) is 4.90 Å². The summed E-state index contributed by atoms with van der Waals surface area (Å²) in [7, 11) is 0.